The molecule has 0 saturated heterocycles. The maximum absolute atomic E-state index is 14.3. The molecule has 3 aromatic carbocycles. The molecule has 0 bridgehead atoms. The average molecular weight is 430 g/mol. The minimum absolute atomic E-state index is 0.0833. The summed E-state index contributed by atoms with van der Waals surface area (Å²) < 4.78 is 58.7. The molecule has 4 rings (SSSR count). The minimum Gasteiger partial charge on any atom is -0.380 e. The lowest BCUT2D eigenvalue weighted by molar-refractivity contribution is -0.137. The van der Waals surface area contributed by atoms with E-state index < -0.39 is 29.3 Å². The summed E-state index contributed by atoms with van der Waals surface area (Å²) in [6.07, 6.45) is -4.72. The van der Waals surface area contributed by atoms with E-state index in [1.54, 1.807) is 30.3 Å². The predicted molar refractivity (Wildman–Crippen MR) is 107 cm³/mol. The third kappa shape index (κ3) is 3.63. The van der Waals surface area contributed by atoms with Gasteiger partial charge in [0.2, 0.25) is 0 Å². The molecule has 1 aromatic heterocycles. The fourth-order valence-corrected chi connectivity index (χ4v) is 3.29. The van der Waals surface area contributed by atoms with Crippen molar-refractivity contribution in [2.75, 3.05) is 10.6 Å². The highest BCUT2D eigenvalue weighted by Crippen LogP contribution is 2.37. The molecule has 1 heterocycles. The van der Waals surface area contributed by atoms with Crippen LogP contribution in [0.5, 0.6) is 0 Å². The SMILES string of the molecule is NC(=O)N(c1ccc(-c2cccc3onc(N)c23)cc1)c1cc(C(F)(F)F)ccc1F. The number of aromatic nitrogens is 1. The van der Waals surface area contributed by atoms with Crippen molar-refractivity contribution in [2.24, 2.45) is 5.73 Å². The molecule has 0 aliphatic carbocycles. The Kier molecular flexibility index (Phi) is 4.77. The summed E-state index contributed by atoms with van der Waals surface area (Å²) in [4.78, 5) is 12.7. The molecule has 31 heavy (non-hydrogen) atoms. The summed E-state index contributed by atoms with van der Waals surface area (Å²) in [6, 6.07) is 11.9. The van der Waals surface area contributed by atoms with Gasteiger partial charge in [-0.3, -0.25) is 4.90 Å². The second-order valence-corrected chi connectivity index (χ2v) is 6.63. The molecule has 0 fully saturated rings. The number of carbonyl (C=O) groups excluding carboxylic acids is 1. The Hall–Kier alpha value is -4.08. The van der Waals surface area contributed by atoms with Gasteiger partial charge < -0.3 is 16.0 Å². The van der Waals surface area contributed by atoms with Crippen LogP contribution in [0.4, 0.5) is 39.5 Å². The van der Waals surface area contributed by atoms with Crippen molar-refractivity contribution >= 4 is 34.2 Å². The Morgan fingerprint density at radius 2 is 1.74 bits per heavy atom. The van der Waals surface area contributed by atoms with Crippen molar-refractivity contribution in [2.45, 2.75) is 6.18 Å². The van der Waals surface area contributed by atoms with E-state index in [9.17, 15) is 22.4 Å². The first-order valence-corrected chi connectivity index (χ1v) is 8.87. The van der Waals surface area contributed by atoms with Gasteiger partial charge in [0.15, 0.2) is 11.4 Å². The number of halogens is 4. The maximum Gasteiger partial charge on any atom is 0.416 e. The third-order valence-electron chi connectivity index (χ3n) is 4.70. The molecular weight excluding hydrogens is 416 g/mol. The average Bonchev–Trinajstić information content (AvgIpc) is 3.10. The number of benzene rings is 3. The van der Waals surface area contributed by atoms with E-state index in [1.807, 2.05) is 0 Å². The largest absolute Gasteiger partial charge is 0.416 e. The number of fused-ring (bicyclic) bond motifs is 1. The van der Waals surface area contributed by atoms with Crippen LogP contribution in [0.15, 0.2) is 65.2 Å². The van der Waals surface area contributed by atoms with E-state index in [-0.39, 0.29) is 11.5 Å². The molecular formula is C21H14F4N4O2. The summed E-state index contributed by atoms with van der Waals surface area (Å²) in [7, 11) is 0. The molecule has 6 nitrogen and oxygen atoms in total. The second-order valence-electron chi connectivity index (χ2n) is 6.63. The van der Waals surface area contributed by atoms with Gasteiger partial charge in [0.05, 0.1) is 22.3 Å². The van der Waals surface area contributed by atoms with E-state index in [4.69, 9.17) is 16.0 Å². The second kappa shape index (κ2) is 7.31. The van der Waals surface area contributed by atoms with Crippen molar-refractivity contribution in [3.63, 3.8) is 0 Å². The highest BCUT2D eigenvalue weighted by molar-refractivity contribution is 6.02. The van der Waals surface area contributed by atoms with E-state index in [0.29, 0.717) is 45.2 Å². The number of nitrogen functional groups attached to an aromatic ring is 1. The maximum atomic E-state index is 14.3. The zero-order chi connectivity index (χ0) is 22.3. The lowest BCUT2D eigenvalue weighted by atomic mass is 10.0. The van der Waals surface area contributed by atoms with Crippen LogP contribution in [-0.4, -0.2) is 11.2 Å². The molecule has 0 atom stereocenters. The van der Waals surface area contributed by atoms with Gasteiger partial charge in [-0.15, -0.1) is 0 Å². The summed E-state index contributed by atoms with van der Waals surface area (Å²) in [6.45, 7) is 0. The number of anilines is 3. The van der Waals surface area contributed by atoms with Gasteiger partial charge in [0.1, 0.15) is 5.82 Å². The summed E-state index contributed by atoms with van der Waals surface area (Å²) in [5.41, 5.74) is 11.4. The number of nitrogens with zero attached hydrogens (tertiary/aromatic N) is 2. The summed E-state index contributed by atoms with van der Waals surface area (Å²) >= 11 is 0. The van der Waals surface area contributed by atoms with Gasteiger partial charge in [-0.1, -0.05) is 29.4 Å². The van der Waals surface area contributed by atoms with E-state index in [0.717, 1.165) is 0 Å². The van der Waals surface area contributed by atoms with Crippen LogP contribution >= 0.6 is 0 Å². The number of primary amides is 1. The van der Waals surface area contributed by atoms with Gasteiger partial charge in [-0.25, -0.2) is 9.18 Å². The minimum atomic E-state index is -4.72. The lowest BCUT2D eigenvalue weighted by Gasteiger charge is -2.22. The van der Waals surface area contributed by atoms with Crippen LogP contribution < -0.4 is 16.4 Å². The third-order valence-corrected chi connectivity index (χ3v) is 4.70. The number of urea groups is 1. The topological polar surface area (TPSA) is 98.4 Å². The summed E-state index contributed by atoms with van der Waals surface area (Å²) in [5, 5.41) is 4.32. The van der Waals surface area contributed by atoms with Crippen LogP contribution in [0.25, 0.3) is 22.1 Å². The Morgan fingerprint density at radius 1 is 1.03 bits per heavy atom. The molecule has 4 N–H and O–H groups in total. The first kappa shape index (κ1) is 20.2. The molecule has 0 saturated carbocycles. The molecule has 0 aliphatic heterocycles. The lowest BCUT2D eigenvalue weighted by Crippen LogP contribution is -2.32. The smallest absolute Gasteiger partial charge is 0.380 e. The first-order valence-electron chi connectivity index (χ1n) is 8.87. The Labute approximate surface area is 172 Å². The van der Waals surface area contributed by atoms with Crippen LogP contribution in [0.2, 0.25) is 0 Å². The highest BCUT2D eigenvalue weighted by Gasteiger charge is 2.32. The number of hydrogen-bond acceptors (Lipinski definition) is 4. The molecule has 0 radical (unpaired) electrons. The number of carbonyl (C=O) groups is 1. The summed E-state index contributed by atoms with van der Waals surface area (Å²) in [5.74, 6) is -0.836. The van der Waals surface area contributed by atoms with Crippen molar-refractivity contribution in [3.8, 4) is 11.1 Å². The van der Waals surface area contributed by atoms with Crippen LogP contribution in [-0.2, 0) is 6.18 Å². The molecule has 158 valence electrons. The number of amides is 2. The van der Waals surface area contributed by atoms with Gasteiger partial charge in [0.25, 0.3) is 0 Å². The Balaban J connectivity index is 1.78. The van der Waals surface area contributed by atoms with Crippen molar-refractivity contribution in [3.05, 3.63) is 72.0 Å². The quantitative estimate of drug-likeness (QED) is 0.422. The van der Waals surface area contributed by atoms with Gasteiger partial charge in [-0.05, 0) is 47.5 Å². The molecule has 2 amide bonds. The van der Waals surface area contributed by atoms with Gasteiger partial charge >= 0.3 is 12.2 Å². The van der Waals surface area contributed by atoms with E-state index in [2.05, 4.69) is 5.16 Å². The Morgan fingerprint density at radius 3 is 2.39 bits per heavy atom. The first-order chi connectivity index (χ1) is 14.7. The van der Waals surface area contributed by atoms with E-state index >= 15 is 0 Å². The zero-order valence-corrected chi connectivity index (χ0v) is 15.7. The van der Waals surface area contributed by atoms with Crippen LogP contribution in [0, 0.1) is 5.82 Å². The van der Waals surface area contributed by atoms with Gasteiger partial charge in [0, 0.05) is 0 Å². The van der Waals surface area contributed by atoms with Crippen LogP contribution in [0.1, 0.15) is 5.56 Å². The fourth-order valence-electron chi connectivity index (χ4n) is 3.29. The number of rotatable bonds is 3. The zero-order valence-electron chi connectivity index (χ0n) is 15.7. The van der Waals surface area contributed by atoms with Gasteiger partial charge in [-0.2, -0.15) is 13.2 Å². The number of hydrogen-bond donors (Lipinski definition) is 2. The van der Waals surface area contributed by atoms with Crippen molar-refractivity contribution in [1.29, 1.82) is 0 Å². The highest BCUT2D eigenvalue weighted by atomic mass is 19.4. The van der Waals surface area contributed by atoms with Crippen molar-refractivity contribution < 1.29 is 26.9 Å². The van der Waals surface area contributed by atoms with Crippen molar-refractivity contribution in [1.82, 2.24) is 5.16 Å². The molecule has 0 unspecified atom stereocenters. The number of nitrogens with two attached hydrogens (primary N) is 2. The monoisotopic (exact) mass is 430 g/mol. The molecule has 4 aromatic rings. The van der Waals surface area contributed by atoms with Crippen LogP contribution in [0.3, 0.4) is 0 Å². The fraction of sp³-hybridized carbons (Fsp3) is 0.0476. The predicted octanol–water partition coefficient (Wildman–Crippen LogP) is 5.45. The number of alkyl halides is 3. The normalized spacial score (nSPS) is 11.6. The van der Waals surface area contributed by atoms with E-state index in [1.165, 1.54) is 12.1 Å². The Bertz CT molecular complexity index is 1280. The molecule has 10 heteroatoms. The molecule has 0 spiro atoms. The standard InChI is InChI=1S/C21H14F4N4O2/c22-15-9-6-12(21(23,24)25)10-16(15)29(20(27)30)13-7-4-11(5-8-13)14-2-1-3-17-18(14)19(26)28-31-17/h1-10H,(H2,26,28)(H2,27,30). The molecule has 0 aliphatic rings.